The Morgan fingerprint density at radius 2 is 2.24 bits per heavy atom. The molecular weight excluding hydrogens is 220 g/mol. The Morgan fingerprint density at radius 3 is 3.00 bits per heavy atom. The number of aromatic nitrogens is 5. The molecule has 0 unspecified atom stereocenters. The van der Waals surface area contributed by atoms with Crippen molar-refractivity contribution >= 4 is 0 Å². The molecule has 2 N–H and O–H groups in total. The molecule has 0 spiro atoms. The van der Waals surface area contributed by atoms with Crippen molar-refractivity contribution in [1.82, 2.24) is 25.0 Å². The Morgan fingerprint density at radius 1 is 1.41 bits per heavy atom. The van der Waals surface area contributed by atoms with E-state index in [1.54, 1.807) is 12.4 Å². The van der Waals surface area contributed by atoms with Gasteiger partial charge in [-0.25, -0.2) is 14.6 Å². The smallest absolute Gasteiger partial charge is 0.121 e. The van der Waals surface area contributed by atoms with Crippen molar-refractivity contribution in [3.63, 3.8) is 0 Å². The minimum atomic E-state index is 0.0177. The van der Waals surface area contributed by atoms with Gasteiger partial charge in [-0.1, -0.05) is 5.21 Å². The van der Waals surface area contributed by atoms with E-state index in [1.165, 1.54) is 6.33 Å². The van der Waals surface area contributed by atoms with Gasteiger partial charge in [0.1, 0.15) is 12.0 Å². The summed E-state index contributed by atoms with van der Waals surface area (Å²) < 4.78 is 7.44. The van der Waals surface area contributed by atoms with Crippen molar-refractivity contribution in [1.29, 1.82) is 0 Å². The van der Waals surface area contributed by atoms with Crippen LogP contribution in [-0.2, 0) is 17.9 Å². The highest BCUT2D eigenvalue weighted by Gasteiger charge is 2.23. The van der Waals surface area contributed by atoms with Crippen LogP contribution in [0.2, 0.25) is 0 Å². The summed E-state index contributed by atoms with van der Waals surface area (Å²) in [6, 6.07) is 0. The summed E-state index contributed by atoms with van der Waals surface area (Å²) in [5.41, 5.74) is 8.15. The molecule has 88 valence electrons. The van der Waals surface area contributed by atoms with Gasteiger partial charge < -0.3 is 10.5 Å². The molecule has 3 rings (SSSR count). The van der Waals surface area contributed by atoms with Crippen LogP contribution in [0.1, 0.15) is 5.69 Å². The monoisotopic (exact) mass is 232 g/mol. The third-order valence-corrected chi connectivity index (χ3v) is 2.77. The zero-order valence-electron chi connectivity index (χ0n) is 9.15. The van der Waals surface area contributed by atoms with Crippen molar-refractivity contribution in [2.45, 2.75) is 19.3 Å². The number of nitrogens with two attached hydrogens (primary N) is 1. The third kappa shape index (κ3) is 1.79. The van der Waals surface area contributed by atoms with E-state index < -0.39 is 0 Å². The molecule has 17 heavy (non-hydrogen) atoms. The molecule has 0 saturated heterocycles. The minimum Gasteiger partial charge on any atom is -0.369 e. The van der Waals surface area contributed by atoms with Gasteiger partial charge in [0, 0.05) is 24.5 Å². The number of fused-ring (bicyclic) bond motifs is 1. The molecule has 0 saturated carbocycles. The van der Waals surface area contributed by atoms with Gasteiger partial charge in [0.15, 0.2) is 0 Å². The van der Waals surface area contributed by atoms with E-state index >= 15 is 0 Å². The number of nitrogens with zero attached hydrogens (tertiary/aromatic N) is 5. The predicted molar refractivity (Wildman–Crippen MR) is 58.7 cm³/mol. The van der Waals surface area contributed by atoms with Crippen LogP contribution in [0.4, 0.5) is 0 Å². The zero-order chi connectivity index (χ0) is 11.7. The Kier molecular flexibility index (Phi) is 2.54. The minimum absolute atomic E-state index is 0.0177. The van der Waals surface area contributed by atoms with Gasteiger partial charge in [-0.3, -0.25) is 0 Å². The first kappa shape index (κ1) is 10.3. The molecule has 1 aliphatic heterocycles. The van der Waals surface area contributed by atoms with Gasteiger partial charge in [-0.05, 0) is 0 Å². The summed E-state index contributed by atoms with van der Waals surface area (Å²) in [5, 5.41) is 8.26. The predicted octanol–water partition coefficient (Wildman–Crippen LogP) is -0.407. The van der Waals surface area contributed by atoms with E-state index in [2.05, 4.69) is 20.3 Å². The average molecular weight is 232 g/mol. The number of ether oxygens (including phenoxy) is 1. The molecule has 0 fully saturated rings. The fraction of sp³-hybridized carbons (Fsp3) is 0.400. The normalized spacial score (nSPS) is 19.0. The van der Waals surface area contributed by atoms with Crippen LogP contribution in [0.3, 0.4) is 0 Å². The van der Waals surface area contributed by atoms with E-state index in [0.29, 0.717) is 19.7 Å². The molecule has 0 aliphatic carbocycles. The van der Waals surface area contributed by atoms with E-state index in [4.69, 9.17) is 10.5 Å². The van der Waals surface area contributed by atoms with Crippen molar-refractivity contribution in [2.75, 3.05) is 6.54 Å². The maximum Gasteiger partial charge on any atom is 0.121 e. The van der Waals surface area contributed by atoms with Crippen LogP contribution in [-0.4, -0.2) is 37.6 Å². The van der Waals surface area contributed by atoms with Crippen LogP contribution >= 0.6 is 0 Å². The Balaban J connectivity index is 1.97. The molecule has 1 atom stereocenters. The molecule has 0 radical (unpaired) electrons. The van der Waals surface area contributed by atoms with Gasteiger partial charge in [0.25, 0.3) is 0 Å². The topological polar surface area (TPSA) is 91.7 Å². The lowest BCUT2D eigenvalue weighted by Crippen LogP contribution is -2.33. The van der Waals surface area contributed by atoms with Crippen LogP contribution < -0.4 is 5.73 Å². The highest BCUT2D eigenvalue weighted by molar-refractivity contribution is 5.58. The van der Waals surface area contributed by atoms with Crippen LogP contribution in [0.25, 0.3) is 11.3 Å². The van der Waals surface area contributed by atoms with Crippen LogP contribution in [0.5, 0.6) is 0 Å². The van der Waals surface area contributed by atoms with Crippen molar-refractivity contribution in [2.24, 2.45) is 5.73 Å². The van der Waals surface area contributed by atoms with E-state index in [9.17, 15) is 0 Å². The first-order valence-electron chi connectivity index (χ1n) is 5.38. The largest absolute Gasteiger partial charge is 0.369 e. The van der Waals surface area contributed by atoms with Gasteiger partial charge in [0.05, 0.1) is 24.9 Å². The van der Waals surface area contributed by atoms with Crippen molar-refractivity contribution in [3.8, 4) is 11.3 Å². The second-order valence-electron chi connectivity index (χ2n) is 3.86. The molecule has 1 aliphatic rings. The quantitative estimate of drug-likeness (QED) is 0.757. The molecule has 3 heterocycles. The first-order valence-corrected chi connectivity index (χ1v) is 5.38. The van der Waals surface area contributed by atoms with E-state index in [-0.39, 0.29) is 6.10 Å². The summed E-state index contributed by atoms with van der Waals surface area (Å²) in [7, 11) is 0. The van der Waals surface area contributed by atoms with Crippen molar-refractivity contribution in [3.05, 3.63) is 24.4 Å². The van der Waals surface area contributed by atoms with Gasteiger partial charge >= 0.3 is 0 Å². The lowest BCUT2D eigenvalue weighted by atomic mass is 10.2. The molecule has 7 heteroatoms. The number of rotatable bonds is 2. The summed E-state index contributed by atoms with van der Waals surface area (Å²) in [6.07, 6.45) is 4.93. The summed E-state index contributed by atoms with van der Waals surface area (Å²) in [4.78, 5) is 7.94. The highest BCUT2D eigenvalue weighted by atomic mass is 16.5. The van der Waals surface area contributed by atoms with Gasteiger partial charge in [-0.15, -0.1) is 5.10 Å². The molecular formula is C10H12N6O. The SMILES string of the molecule is NC[C@@H]1Cn2nnc(-c3cncnc3)c2CO1. The van der Waals surface area contributed by atoms with Crippen molar-refractivity contribution < 1.29 is 4.74 Å². The molecule has 0 aromatic carbocycles. The van der Waals surface area contributed by atoms with E-state index in [0.717, 1.165) is 17.0 Å². The second-order valence-corrected chi connectivity index (χ2v) is 3.86. The Labute approximate surface area is 97.6 Å². The van der Waals surface area contributed by atoms with Crippen LogP contribution in [0.15, 0.2) is 18.7 Å². The highest BCUT2D eigenvalue weighted by Crippen LogP contribution is 2.23. The third-order valence-electron chi connectivity index (χ3n) is 2.77. The molecule has 2 aromatic heterocycles. The first-order chi connectivity index (χ1) is 8.38. The molecule has 7 nitrogen and oxygen atoms in total. The molecule has 2 aromatic rings. The number of hydrogen-bond donors (Lipinski definition) is 1. The Bertz CT molecular complexity index is 511. The van der Waals surface area contributed by atoms with E-state index in [1.807, 2.05) is 4.68 Å². The summed E-state index contributed by atoms with van der Waals surface area (Å²) in [6.45, 7) is 1.61. The lowest BCUT2D eigenvalue weighted by molar-refractivity contribution is 0.00639. The maximum atomic E-state index is 5.61. The summed E-state index contributed by atoms with van der Waals surface area (Å²) in [5.74, 6) is 0. The average Bonchev–Trinajstić information content (AvgIpc) is 2.82. The van der Waals surface area contributed by atoms with Crippen LogP contribution in [0, 0.1) is 0 Å². The molecule has 0 amide bonds. The standard InChI is InChI=1S/C10H12N6O/c11-1-8-4-16-9(5-17-8)10(14-15-16)7-2-12-6-13-3-7/h2-3,6,8H,1,4-5,11H2/t8-/m1/s1. The fourth-order valence-electron chi connectivity index (χ4n) is 1.85. The number of hydrogen-bond acceptors (Lipinski definition) is 6. The summed E-state index contributed by atoms with van der Waals surface area (Å²) >= 11 is 0. The second kappa shape index (κ2) is 4.19. The van der Waals surface area contributed by atoms with Gasteiger partial charge in [0.2, 0.25) is 0 Å². The Hall–Kier alpha value is -1.86. The molecule has 0 bridgehead atoms. The van der Waals surface area contributed by atoms with Gasteiger partial charge in [-0.2, -0.15) is 0 Å². The fourth-order valence-corrected chi connectivity index (χ4v) is 1.85. The maximum absolute atomic E-state index is 5.61. The zero-order valence-corrected chi connectivity index (χ0v) is 9.15. The lowest BCUT2D eigenvalue weighted by Gasteiger charge is -2.22.